The fourth-order valence-corrected chi connectivity index (χ4v) is 4.12. The lowest BCUT2D eigenvalue weighted by molar-refractivity contribution is -0.0444. The van der Waals surface area contributed by atoms with E-state index < -0.39 is 11.7 Å². The maximum absolute atomic E-state index is 14.4. The van der Waals surface area contributed by atoms with Gasteiger partial charge in [0.15, 0.2) is 0 Å². The zero-order valence-electron chi connectivity index (χ0n) is 19.4. The first-order valence-corrected chi connectivity index (χ1v) is 11.2. The van der Waals surface area contributed by atoms with Crippen molar-refractivity contribution in [1.29, 1.82) is 0 Å². The summed E-state index contributed by atoms with van der Waals surface area (Å²) in [7, 11) is 3.26. The lowest BCUT2D eigenvalue weighted by Gasteiger charge is -2.36. The summed E-state index contributed by atoms with van der Waals surface area (Å²) in [6.07, 6.45) is 1.33. The van der Waals surface area contributed by atoms with E-state index in [1.54, 1.807) is 49.6 Å². The summed E-state index contributed by atoms with van der Waals surface area (Å²) in [5, 5.41) is 0. The fraction of sp³-hybridized carbons (Fsp3) is 0.346. The summed E-state index contributed by atoms with van der Waals surface area (Å²) in [4.78, 5) is 17.1. The Kier molecular flexibility index (Phi) is 7.82. The number of hydrogen-bond acceptors (Lipinski definition) is 6. The number of halogens is 1. The van der Waals surface area contributed by atoms with Gasteiger partial charge in [-0.05, 0) is 30.3 Å². The van der Waals surface area contributed by atoms with E-state index in [1.165, 1.54) is 12.1 Å². The molecular weight excluding hydrogens is 439 g/mol. The van der Waals surface area contributed by atoms with Gasteiger partial charge in [0, 0.05) is 37.8 Å². The molecule has 1 aromatic heterocycles. The molecule has 1 saturated heterocycles. The SMILES string of the molecule is COc1ccc(CN2CCOC(CN(Cc3ccco3)C(=O)c3ccccc3F)C2)c(OC)c1. The van der Waals surface area contributed by atoms with Crippen molar-refractivity contribution in [2.24, 2.45) is 0 Å². The molecule has 1 aliphatic heterocycles. The van der Waals surface area contributed by atoms with E-state index in [0.29, 0.717) is 32.0 Å². The molecule has 1 amide bonds. The summed E-state index contributed by atoms with van der Waals surface area (Å²) in [5.41, 5.74) is 1.07. The van der Waals surface area contributed by atoms with Crippen molar-refractivity contribution in [1.82, 2.24) is 9.80 Å². The van der Waals surface area contributed by atoms with Crippen molar-refractivity contribution in [3.63, 3.8) is 0 Å². The van der Waals surface area contributed by atoms with Crippen LogP contribution in [-0.2, 0) is 17.8 Å². The van der Waals surface area contributed by atoms with Crippen LogP contribution in [-0.4, -0.2) is 62.3 Å². The van der Waals surface area contributed by atoms with Crippen molar-refractivity contribution < 1.29 is 27.8 Å². The Morgan fingerprint density at radius 3 is 2.74 bits per heavy atom. The van der Waals surface area contributed by atoms with Crippen molar-refractivity contribution in [3.05, 3.63) is 83.6 Å². The van der Waals surface area contributed by atoms with E-state index in [1.807, 2.05) is 18.2 Å². The van der Waals surface area contributed by atoms with E-state index in [0.717, 1.165) is 23.6 Å². The molecule has 0 saturated carbocycles. The zero-order valence-corrected chi connectivity index (χ0v) is 19.4. The van der Waals surface area contributed by atoms with Crippen LogP contribution < -0.4 is 9.47 Å². The highest BCUT2D eigenvalue weighted by atomic mass is 19.1. The average molecular weight is 469 g/mol. The van der Waals surface area contributed by atoms with Crippen LogP contribution in [0.5, 0.6) is 11.5 Å². The summed E-state index contributed by atoms with van der Waals surface area (Å²) < 4.78 is 36.6. The van der Waals surface area contributed by atoms with Gasteiger partial charge in [0.1, 0.15) is 23.1 Å². The average Bonchev–Trinajstić information content (AvgIpc) is 3.37. The number of carbonyl (C=O) groups excluding carboxylic acids is 1. The van der Waals surface area contributed by atoms with Gasteiger partial charge in [-0.25, -0.2) is 4.39 Å². The maximum atomic E-state index is 14.4. The van der Waals surface area contributed by atoms with Gasteiger partial charge >= 0.3 is 0 Å². The molecule has 0 bridgehead atoms. The first-order valence-electron chi connectivity index (χ1n) is 11.2. The highest BCUT2D eigenvalue weighted by molar-refractivity contribution is 5.94. The molecule has 7 nitrogen and oxygen atoms in total. The van der Waals surface area contributed by atoms with Crippen molar-refractivity contribution in [3.8, 4) is 11.5 Å². The Labute approximate surface area is 198 Å². The van der Waals surface area contributed by atoms with Crippen molar-refractivity contribution in [2.75, 3.05) is 40.5 Å². The second-order valence-electron chi connectivity index (χ2n) is 8.15. The van der Waals surface area contributed by atoms with Crippen LogP contribution in [0.2, 0.25) is 0 Å². The van der Waals surface area contributed by atoms with Crippen LogP contribution in [0, 0.1) is 5.82 Å². The van der Waals surface area contributed by atoms with Gasteiger partial charge in [-0.15, -0.1) is 0 Å². The van der Waals surface area contributed by atoms with Gasteiger partial charge in [0.2, 0.25) is 0 Å². The molecule has 180 valence electrons. The van der Waals surface area contributed by atoms with Gasteiger partial charge in [0.25, 0.3) is 5.91 Å². The van der Waals surface area contributed by atoms with Gasteiger partial charge in [0.05, 0.1) is 45.3 Å². The summed E-state index contributed by atoms with van der Waals surface area (Å²) in [6.45, 7) is 3.12. The number of methoxy groups -OCH3 is 2. The highest BCUT2D eigenvalue weighted by Gasteiger charge is 2.28. The predicted molar refractivity (Wildman–Crippen MR) is 124 cm³/mol. The van der Waals surface area contributed by atoms with E-state index in [4.69, 9.17) is 18.6 Å². The van der Waals surface area contributed by atoms with Crippen LogP contribution in [0.4, 0.5) is 4.39 Å². The predicted octanol–water partition coefficient (Wildman–Crippen LogP) is 3.98. The lowest BCUT2D eigenvalue weighted by Crippen LogP contribution is -2.48. The number of nitrogens with zero attached hydrogens (tertiary/aromatic N) is 2. The van der Waals surface area contributed by atoms with E-state index in [2.05, 4.69) is 4.90 Å². The first kappa shape index (κ1) is 23.8. The Bertz CT molecular complexity index is 1090. The minimum atomic E-state index is -0.547. The van der Waals surface area contributed by atoms with E-state index in [9.17, 15) is 9.18 Å². The molecule has 8 heteroatoms. The molecule has 2 aromatic carbocycles. The number of ether oxygens (including phenoxy) is 3. The molecule has 1 unspecified atom stereocenters. The third-order valence-corrected chi connectivity index (χ3v) is 5.85. The molecule has 2 heterocycles. The van der Waals surface area contributed by atoms with Crippen LogP contribution in [0.1, 0.15) is 21.7 Å². The number of furan rings is 1. The number of carbonyl (C=O) groups is 1. The molecule has 1 aliphatic rings. The monoisotopic (exact) mass is 468 g/mol. The standard InChI is InChI=1S/C26H29FN2O5/c1-31-20-10-9-19(25(14-20)32-2)15-28-11-13-34-22(16-28)18-29(17-21-6-5-12-33-21)26(30)23-7-3-4-8-24(23)27/h3-10,12,14,22H,11,13,15-18H2,1-2H3. The Hall–Kier alpha value is -3.36. The molecule has 0 N–H and O–H groups in total. The largest absolute Gasteiger partial charge is 0.497 e. The first-order chi connectivity index (χ1) is 16.6. The zero-order chi connectivity index (χ0) is 23.9. The quantitative estimate of drug-likeness (QED) is 0.473. The molecule has 4 rings (SSSR count). The molecule has 1 fully saturated rings. The third-order valence-electron chi connectivity index (χ3n) is 5.85. The highest BCUT2D eigenvalue weighted by Crippen LogP contribution is 2.26. The minimum absolute atomic E-state index is 0.0321. The van der Waals surface area contributed by atoms with Crippen molar-refractivity contribution >= 4 is 5.91 Å². The summed E-state index contributed by atoms with van der Waals surface area (Å²) in [6, 6.07) is 15.3. The van der Waals surface area contributed by atoms with E-state index >= 15 is 0 Å². The van der Waals surface area contributed by atoms with Crippen LogP contribution in [0.15, 0.2) is 65.3 Å². The van der Waals surface area contributed by atoms with Gasteiger partial charge in [-0.3, -0.25) is 9.69 Å². The Morgan fingerprint density at radius 2 is 2.00 bits per heavy atom. The number of rotatable bonds is 9. The third kappa shape index (κ3) is 5.76. The molecule has 1 atom stereocenters. The van der Waals surface area contributed by atoms with Crippen LogP contribution >= 0.6 is 0 Å². The van der Waals surface area contributed by atoms with Gasteiger partial charge in [-0.2, -0.15) is 0 Å². The molecular formula is C26H29FN2O5. The van der Waals surface area contributed by atoms with Gasteiger partial charge < -0.3 is 23.5 Å². The summed E-state index contributed by atoms with van der Waals surface area (Å²) >= 11 is 0. The molecule has 0 aliphatic carbocycles. The molecule has 34 heavy (non-hydrogen) atoms. The number of benzene rings is 2. The second kappa shape index (κ2) is 11.2. The Morgan fingerprint density at radius 1 is 1.15 bits per heavy atom. The smallest absolute Gasteiger partial charge is 0.257 e. The van der Waals surface area contributed by atoms with E-state index in [-0.39, 0.29) is 18.2 Å². The number of morpholine rings is 1. The summed E-state index contributed by atoms with van der Waals surface area (Å²) in [5.74, 6) is 1.18. The normalized spacial score (nSPS) is 16.3. The van der Waals surface area contributed by atoms with Crippen LogP contribution in [0.25, 0.3) is 0 Å². The maximum Gasteiger partial charge on any atom is 0.257 e. The Balaban J connectivity index is 1.47. The van der Waals surface area contributed by atoms with Crippen LogP contribution in [0.3, 0.4) is 0 Å². The number of hydrogen-bond donors (Lipinski definition) is 0. The van der Waals surface area contributed by atoms with Crippen molar-refractivity contribution in [2.45, 2.75) is 19.2 Å². The topological polar surface area (TPSA) is 64.4 Å². The molecule has 0 radical (unpaired) electrons. The minimum Gasteiger partial charge on any atom is -0.497 e. The van der Waals surface area contributed by atoms with Gasteiger partial charge in [-0.1, -0.05) is 18.2 Å². The fourth-order valence-electron chi connectivity index (χ4n) is 4.12. The molecule has 3 aromatic rings. The second-order valence-corrected chi connectivity index (χ2v) is 8.15. The number of amides is 1. The molecule has 0 spiro atoms. The lowest BCUT2D eigenvalue weighted by atomic mass is 10.1.